The van der Waals surface area contributed by atoms with Crippen molar-refractivity contribution in [3.8, 4) is 5.75 Å². The van der Waals surface area contributed by atoms with Gasteiger partial charge in [-0.1, -0.05) is 43.3 Å². The van der Waals surface area contributed by atoms with Crippen molar-refractivity contribution in [1.29, 1.82) is 0 Å². The first-order valence-corrected chi connectivity index (χ1v) is 9.80. The number of carboxylic acid groups (broad SMARTS) is 1. The number of carboxylic acids is 1. The largest absolute Gasteiger partial charge is 0.492 e. The highest BCUT2D eigenvalue weighted by Crippen LogP contribution is 2.31. The molecule has 0 aliphatic rings. The standard InChI is InChI=1S/C19H23N5O3S/c1-11(2)15(18(25)26)28-19-23-14-16(20)21-10-22-17(14)24(19)8-9-27-13-6-4-12(3)5-7-13/h4-7,10-11,15H,8-9H2,1-3H3,(H,25,26)(H2,20,21,22). The number of fused-ring (bicyclic) bond motifs is 1. The van der Waals surface area contributed by atoms with E-state index in [-0.39, 0.29) is 11.7 Å². The molecule has 8 nitrogen and oxygen atoms in total. The molecule has 0 radical (unpaired) electrons. The Hall–Kier alpha value is -2.81. The minimum absolute atomic E-state index is 0.0667. The van der Waals surface area contributed by atoms with Crippen LogP contribution in [0.15, 0.2) is 35.7 Å². The van der Waals surface area contributed by atoms with Gasteiger partial charge in [0.1, 0.15) is 23.9 Å². The van der Waals surface area contributed by atoms with Gasteiger partial charge in [0, 0.05) is 0 Å². The number of rotatable bonds is 8. The predicted octanol–water partition coefficient (Wildman–Crippen LogP) is 3.00. The summed E-state index contributed by atoms with van der Waals surface area (Å²) in [6.07, 6.45) is 1.38. The molecular weight excluding hydrogens is 378 g/mol. The Morgan fingerprint density at radius 2 is 2.00 bits per heavy atom. The molecule has 0 bridgehead atoms. The Morgan fingerprint density at radius 3 is 2.64 bits per heavy atom. The van der Waals surface area contributed by atoms with Gasteiger partial charge in [0.15, 0.2) is 22.1 Å². The number of ether oxygens (including phenoxy) is 1. The number of aryl methyl sites for hydroxylation is 1. The molecule has 28 heavy (non-hydrogen) atoms. The van der Waals surface area contributed by atoms with Crippen LogP contribution in [0.4, 0.5) is 5.82 Å². The molecule has 0 amide bonds. The van der Waals surface area contributed by atoms with Gasteiger partial charge in [0.05, 0.1) is 6.54 Å². The molecule has 1 unspecified atom stereocenters. The Bertz CT molecular complexity index is 972. The molecule has 9 heteroatoms. The van der Waals surface area contributed by atoms with Crippen LogP contribution < -0.4 is 10.5 Å². The number of nitrogen functional groups attached to an aromatic ring is 1. The van der Waals surface area contributed by atoms with Crippen LogP contribution in [0.3, 0.4) is 0 Å². The molecule has 1 aromatic carbocycles. The zero-order chi connectivity index (χ0) is 20.3. The average Bonchev–Trinajstić information content (AvgIpc) is 3.00. The lowest BCUT2D eigenvalue weighted by Crippen LogP contribution is -2.23. The highest BCUT2D eigenvalue weighted by molar-refractivity contribution is 8.00. The number of anilines is 1. The summed E-state index contributed by atoms with van der Waals surface area (Å²) in [5, 5.41) is 9.44. The fourth-order valence-electron chi connectivity index (χ4n) is 2.70. The molecule has 2 aromatic heterocycles. The summed E-state index contributed by atoms with van der Waals surface area (Å²) in [6, 6.07) is 7.79. The van der Waals surface area contributed by atoms with Gasteiger partial charge in [-0.3, -0.25) is 4.79 Å². The summed E-state index contributed by atoms with van der Waals surface area (Å²) >= 11 is 1.19. The van der Waals surface area contributed by atoms with Gasteiger partial charge in [-0.05, 0) is 25.0 Å². The van der Waals surface area contributed by atoms with Crippen molar-refractivity contribution >= 4 is 34.7 Å². The van der Waals surface area contributed by atoms with Crippen molar-refractivity contribution in [2.45, 2.75) is 37.7 Å². The molecule has 0 aliphatic carbocycles. The summed E-state index contributed by atoms with van der Waals surface area (Å²) in [4.78, 5) is 24.4. The lowest BCUT2D eigenvalue weighted by molar-refractivity contribution is -0.137. The van der Waals surface area contributed by atoms with Gasteiger partial charge in [0.2, 0.25) is 0 Å². The van der Waals surface area contributed by atoms with Crippen LogP contribution in [0.25, 0.3) is 11.2 Å². The van der Waals surface area contributed by atoms with Crippen LogP contribution in [0.1, 0.15) is 19.4 Å². The second-order valence-corrected chi connectivity index (χ2v) is 7.87. The maximum atomic E-state index is 11.6. The van der Waals surface area contributed by atoms with Gasteiger partial charge >= 0.3 is 5.97 Å². The molecule has 1 atom stereocenters. The number of benzene rings is 1. The summed E-state index contributed by atoms with van der Waals surface area (Å²) in [5.41, 5.74) is 8.13. The molecule has 3 N–H and O–H groups in total. The summed E-state index contributed by atoms with van der Waals surface area (Å²) < 4.78 is 7.66. The Kier molecular flexibility index (Phi) is 6.03. The summed E-state index contributed by atoms with van der Waals surface area (Å²) in [6.45, 7) is 6.59. The molecular formula is C19H23N5O3S. The molecule has 0 spiro atoms. The van der Waals surface area contributed by atoms with E-state index in [4.69, 9.17) is 10.5 Å². The van der Waals surface area contributed by atoms with Crippen LogP contribution in [-0.4, -0.2) is 42.5 Å². The van der Waals surface area contributed by atoms with Crippen molar-refractivity contribution in [2.75, 3.05) is 12.3 Å². The van der Waals surface area contributed by atoms with E-state index in [1.807, 2.05) is 49.6 Å². The topological polar surface area (TPSA) is 116 Å². The Balaban J connectivity index is 1.86. The lowest BCUT2D eigenvalue weighted by Gasteiger charge is -2.16. The molecule has 0 aliphatic heterocycles. The molecule has 0 saturated heterocycles. The van der Waals surface area contributed by atoms with Gasteiger partial charge in [-0.2, -0.15) is 0 Å². The zero-order valence-corrected chi connectivity index (χ0v) is 16.8. The van der Waals surface area contributed by atoms with Gasteiger partial charge in [-0.15, -0.1) is 0 Å². The fourth-order valence-corrected chi connectivity index (χ4v) is 3.75. The minimum atomic E-state index is -0.881. The van der Waals surface area contributed by atoms with Crippen molar-refractivity contribution in [3.05, 3.63) is 36.2 Å². The van der Waals surface area contributed by atoms with E-state index in [1.54, 1.807) is 0 Å². The summed E-state index contributed by atoms with van der Waals surface area (Å²) in [5.74, 6) is 0.0852. The number of carbonyl (C=O) groups is 1. The number of aliphatic carboxylic acids is 1. The van der Waals surface area contributed by atoms with Gasteiger partial charge in [-0.25, -0.2) is 15.0 Å². The maximum Gasteiger partial charge on any atom is 0.317 e. The first-order valence-electron chi connectivity index (χ1n) is 8.92. The number of hydrogen-bond donors (Lipinski definition) is 2. The third-order valence-corrected chi connectivity index (χ3v) is 5.73. The smallest absolute Gasteiger partial charge is 0.317 e. The van der Waals surface area contributed by atoms with Crippen LogP contribution in [-0.2, 0) is 11.3 Å². The van der Waals surface area contributed by atoms with Crippen LogP contribution >= 0.6 is 11.8 Å². The van der Waals surface area contributed by atoms with E-state index in [0.29, 0.717) is 29.5 Å². The number of aromatic nitrogens is 4. The number of imidazole rings is 1. The lowest BCUT2D eigenvalue weighted by atomic mass is 10.1. The van der Waals surface area contributed by atoms with Crippen LogP contribution in [0.5, 0.6) is 5.75 Å². The molecule has 2 heterocycles. The fraction of sp³-hybridized carbons (Fsp3) is 0.368. The Labute approximate surface area is 167 Å². The second-order valence-electron chi connectivity index (χ2n) is 6.76. The van der Waals surface area contributed by atoms with E-state index < -0.39 is 11.2 Å². The normalized spacial score (nSPS) is 12.4. The first kappa shape index (κ1) is 19.9. The molecule has 148 valence electrons. The molecule has 3 rings (SSSR count). The van der Waals surface area contributed by atoms with Gasteiger partial charge in [0.25, 0.3) is 0 Å². The van der Waals surface area contributed by atoms with Crippen LogP contribution in [0.2, 0.25) is 0 Å². The van der Waals surface area contributed by atoms with E-state index >= 15 is 0 Å². The third-order valence-electron chi connectivity index (χ3n) is 4.21. The number of nitrogens with two attached hydrogens (primary N) is 1. The highest BCUT2D eigenvalue weighted by atomic mass is 32.2. The van der Waals surface area contributed by atoms with Gasteiger partial charge < -0.3 is 20.1 Å². The van der Waals surface area contributed by atoms with Crippen molar-refractivity contribution in [3.63, 3.8) is 0 Å². The number of thioether (sulfide) groups is 1. The van der Waals surface area contributed by atoms with E-state index in [2.05, 4.69) is 15.0 Å². The first-order chi connectivity index (χ1) is 13.4. The van der Waals surface area contributed by atoms with E-state index in [9.17, 15) is 9.90 Å². The highest BCUT2D eigenvalue weighted by Gasteiger charge is 2.26. The minimum Gasteiger partial charge on any atom is -0.492 e. The second kappa shape index (κ2) is 8.47. The van der Waals surface area contributed by atoms with Crippen LogP contribution in [0, 0.1) is 12.8 Å². The molecule has 0 fully saturated rings. The SMILES string of the molecule is Cc1ccc(OCCn2c(SC(C(=O)O)C(C)C)nc3c(N)ncnc32)cc1. The molecule has 3 aromatic rings. The molecule has 0 saturated carbocycles. The summed E-state index contributed by atoms with van der Waals surface area (Å²) in [7, 11) is 0. The quantitative estimate of drug-likeness (QED) is 0.553. The maximum absolute atomic E-state index is 11.6. The van der Waals surface area contributed by atoms with E-state index in [0.717, 1.165) is 11.3 Å². The van der Waals surface area contributed by atoms with Crippen molar-refractivity contribution < 1.29 is 14.6 Å². The Morgan fingerprint density at radius 1 is 1.29 bits per heavy atom. The predicted molar refractivity (Wildman–Crippen MR) is 109 cm³/mol. The van der Waals surface area contributed by atoms with E-state index in [1.165, 1.54) is 18.1 Å². The van der Waals surface area contributed by atoms with Crippen molar-refractivity contribution in [2.24, 2.45) is 5.92 Å². The zero-order valence-electron chi connectivity index (χ0n) is 16.0. The number of hydrogen-bond acceptors (Lipinski definition) is 7. The number of nitrogens with zero attached hydrogens (tertiary/aromatic N) is 4. The van der Waals surface area contributed by atoms with Crippen molar-refractivity contribution in [1.82, 2.24) is 19.5 Å². The monoisotopic (exact) mass is 401 g/mol. The third kappa shape index (κ3) is 4.36. The average molecular weight is 401 g/mol.